The van der Waals surface area contributed by atoms with Gasteiger partial charge in [-0.3, -0.25) is 0 Å². The molecular formula is C24H24N2O5. The summed E-state index contributed by atoms with van der Waals surface area (Å²) in [5.41, 5.74) is 2.76. The molecule has 7 nitrogen and oxygen atoms in total. The van der Waals surface area contributed by atoms with Crippen molar-refractivity contribution in [2.45, 2.75) is 19.6 Å². The first-order valence-electron chi connectivity index (χ1n) is 9.89. The van der Waals surface area contributed by atoms with E-state index in [0.717, 1.165) is 33.5 Å². The summed E-state index contributed by atoms with van der Waals surface area (Å²) < 4.78 is 17.8. The lowest BCUT2D eigenvalue weighted by molar-refractivity contribution is 0.0684. The molecule has 0 aliphatic heterocycles. The number of furan rings is 1. The van der Waals surface area contributed by atoms with Crippen molar-refractivity contribution in [3.63, 3.8) is 0 Å². The number of aromatic carboxylic acids is 1. The first-order valence-corrected chi connectivity index (χ1v) is 9.89. The lowest BCUT2D eigenvalue weighted by Crippen LogP contribution is -2.17. The normalized spacial score (nSPS) is 11.0. The summed E-state index contributed by atoms with van der Waals surface area (Å²) >= 11 is 0. The Balaban J connectivity index is 1.75. The molecule has 0 fully saturated rings. The Morgan fingerprint density at radius 2 is 1.77 bits per heavy atom. The molecule has 4 aromatic rings. The molecule has 2 N–H and O–H groups in total. The highest BCUT2D eigenvalue weighted by atomic mass is 16.5. The third kappa shape index (κ3) is 4.27. The number of hydrogen-bond donors (Lipinski definition) is 2. The average molecular weight is 420 g/mol. The molecular weight excluding hydrogens is 396 g/mol. The largest absolute Gasteiger partial charge is 0.497 e. The molecule has 2 aromatic carbocycles. The Kier molecular flexibility index (Phi) is 5.95. The quantitative estimate of drug-likeness (QED) is 0.420. The van der Waals surface area contributed by atoms with Gasteiger partial charge in [-0.1, -0.05) is 12.1 Å². The van der Waals surface area contributed by atoms with Gasteiger partial charge in [0, 0.05) is 30.1 Å². The lowest BCUT2D eigenvalue weighted by Gasteiger charge is -2.11. The Bertz CT molecular complexity index is 1180. The van der Waals surface area contributed by atoms with E-state index in [1.165, 1.54) is 0 Å². The lowest BCUT2D eigenvalue weighted by atomic mass is 10.1. The number of nitrogens with zero attached hydrogens (tertiary/aromatic N) is 1. The molecule has 0 bridgehead atoms. The molecule has 0 aliphatic carbocycles. The molecule has 2 heterocycles. The first-order chi connectivity index (χ1) is 15.1. The molecule has 7 heteroatoms. The molecule has 0 unspecified atom stereocenters. The van der Waals surface area contributed by atoms with Crippen LogP contribution in [0.1, 0.15) is 27.4 Å². The summed E-state index contributed by atoms with van der Waals surface area (Å²) in [4.78, 5) is 12.3. The predicted octanol–water partition coefficient (Wildman–Crippen LogP) is 4.29. The van der Waals surface area contributed by atoms with E-state index in [0.29, 0.717) is 25.4 Å². The summed E-state index contributed by atoms with van der Waals surface area (Å²) in [5, 5.41) is 14.3. The maximum Gasteiger partial charge on any atom is 0.352 e. The molecule has 0 amide bonds. The average Bonchev–Trinajstić information content (AvgIpc) is 3.40. The standard InChI is InChI=1S/C24H24N2O5/c1-29-17-7-5-16(6-8-17)15-26-22-12-18(30-2)9-10-20(22)21(23(26)24(27)28)14-25-13-19-4-3-11-31-19/h3-12,25H,13-15H2,1-2H3,(H,27,28). The Hall–Kier alpha value is -3.71. The molecule has 0 atom stereocenters. The number of benzene rings is 2. The fourth-order valence-corrected chi connectivity index (χ4v) is 3.75. The molecule has 0 saturated heterocycles. The highest BCUT2D eigenvalue weighted by Crippen LogP contribution is 2.31. The first kappa shape index (κ1) is 20.6. The highest BCUT2D eigenvalue weighted by molar-refractivity contribution is 5.98. The van der Waals surface area contributed by atoms with Crippen LogP contribution in [0.3, 0.4) is 0 Å². The summed E-state index contributed by atoms with van der Waals surface area (Å²) in [6.07, 6.45) is 1.62. The summed E-state index contributed by atoms with van der Waals surface area (Å²) in [7, 11) is 3.22. The highest BCUT2D eigenvalue weighted by Gasteiger charge is 2.23. The van der Waals surface area contributed by atoms with Gasteiger partial charge >= 0.3 is 5.97 Å². The van der Waals surface area contributed by atoms with Crippen molar-refractivity contribution in [3.8, 4) is 11.5 Å². The van der Waals surface area contributed by atoms with Gasteiger partial charge < -0.3 is 28.9 Å². The number of methoxy groups -OCH3 is 2. The van der Waals surface area contributed by atoms with E-state index < -0.39 is 5.97 Å². The zero-order chi connectivity index (χ0) is 21.8. The number of aromatic nitrogens is 1. The molecule has 0 saturated carbocycles. The molecule has 0 aliphatic rings. The van der Waals surface area contributed by atoms with Crippen LogP contribution in [0.25, 0.3) is 10.9 Å². The number of nitrogens with one attached hydrogen (secondary N) is 1. The molecule has 4 rings (SSSR count). The second-order valence-corrected chi connectivity index (χ2v) is 7.13. The van der Waals surface area contributed by atoms with Gasteiger partial charge in [0.05, 0.1) is 32.5 Å². The van der Waals surface area contributed by atoms with Crippen molar-refractivity contribution in [3.05, 3.63) is 83.4 Å². The maximum atomic E-state index is 12.3. The molecule has 0 spiro atoms. The Labute approximate surface area is 179 Å². The van der Waals surface area contributed by atoms with E-state index in [9.17, 15) is 9.90 Å². The second-order valence-electron chi connectivity index (χ2n) is 7.13. The number of carboxylic acids is 1. The van der Waals surface area contributed by atoms with Gasteiger partial charge in [-0.15, -0.1) is 0 Å². The van der Waals surface area contributed by atoms with Gasteiger partial charge in [0.1, 0.15) is 23.0 Å². The van der Waals surface area contributed by atoms with Crippen molar-refractivity contribution in [1.82, 2.24) is 9.88 Å². The summed E-state index contributed by atoms with van der Waals surface area (Å²) in [6, 6.07) is 17.0. The van der Waals surface area contributed by atoms with Crippen molar-refractivity contribution in [2.75, 3.05) is 14.2 Å². The zero-order valence-corrected chi connectivity index (χ0v) is 17.4. The van der Waals surface area contributed by atoms with Crippen LogP contribution >= 0.6 is 0 Å². The molecule has 2 aromatic heterocycles. The van der Waals surface area contributed by atoms with Gasteiger partial charge in [0.15, 0.2) is 0 Å². The van der Waals surface area contributed by atoms with Crippen LogP contribution < -0.4 is 14.8 Å². The zero-order valence-electron chi connectivity index (χ0n) is 17.4. The van der Waals surface area contributed by atoms with Crippen LogP contribution in [-0.2, 0) is 19.6 Å². The SMILES string of the molecule is COc1ccc(Cn2c(C(=O)O)c(CNCc3ccco3)c3ccc(OC)cc32)cc1. The molecule has 160 valence electrons. The second kappa shape index (κ2) is 8.97. The Morgan fingerprint density at radius 1 is 1.03 bits per heavy atom. The van der Waals surface area contributed by atoms with E-state index in [2.05, 4.69) is 5.32 Å². The van der Waals surface area contributed by atoms with Gasteiger partial charge in [0.25, 0.3) is 0 Å². The number of hydrogen-bond acceptors (Lipinski definition) is 5. The number of carbonyl (C=O) groups is 1. The van der Waals surface area contributed by atoms with Gasteiger partial charge in [-0.25, -0.2) is 4.79 Å². The summed E-state index contributed by atoms with van der Waals surface area (Å²) in [5.74, 6) is 1.25. The van der Waals surface area contributed by atoms with Crippen LogP contribution in [-0.4, -0.2) is 29.9 Å². The fourth-order valence-electron chi connectivity index (χ4n) is 3.75. The van der Waals surface area contributed by atoms with Crippen molar-refractivity contribution in [1.29, 1.82) is 0 Å². The predicted molar refractivity (Wildman–Crippen MR) is 117 cm³/mol. The third-order valence-corrected chi connectivity index (χ3v) is 5.26. The van der Waals surface area contributed by atoms with Crippen LogP contribution in [0.4, 0.5) is 0 Å². The van der Waals surface area contributed by atoms with Crippen molar-refractivity contribution in [2.24, 2.45) is 0 Å². The van der Waals surface area contributed by atoms with E-state index in [1.54, 1.807) is 20.5 Å². The third-order valence-electron chi connectivity index (χ3n) is 5.26. The van der Waals surface area contributed by atoms with Crippen LogP contribution in [0, 0.1) is 0 Å². The van der Waals surface area contributed by atoms with Gasteiger partial charge in [-0.2, -0.15) is 0 Å². The van der Waals surface area contributed by atoms with E-state index >= 15 is 0 Å². The molecule has 0 radical (unpaired) electrons. The number of rotatable bonds is 9. The number of carboxylic acid groups (broad SMARTS) is 1. The Morgan fingerprint density at radius 3 is 2.42 bits per heavy atom. The van der Waals surface area contributed by atoms with Crippen LogP contribution in [0.2, 0.25) is 0 Å². The molecule has 31 heavy (non-hydrogen) atoms. The van der Waals surface area contributed by atoms with Crippen molar-refractivity contribution < 1.29 is 23.8 Å². The maximum absolute atomic E-state index is 12.3. The van der Waals surface area contributed by atoms with Gasteiger partial charge in [0.2, 0.25) is 0 Å². The van der Waals surface area contributed by atoms with E-state index in [-0.39, 0.29) is 5.69 Å². The van der Waals surface area contributed by atoms with Crippen molar-refractivity contribution >= 4 is 16.9 Å². The van der Waals surface area contributed by atoms with Crippen LogP contribution in [0.5, 0.6) is 11.5 Å². The number of ether oxygens (including phenoxy) is 2. The van der Waals surface area contributed by atoms with Gasteiger partial charge in [-0.05, 0) is 42.0 Å². The number of fused-ring (bicyclic) bond motifs is 1. The smallest absolute Gasteiger partial charge is 0.352 e. The van der Waals surface area contributed by atoms with Crippen LogP contribution in [0.15, 0.2) is 65.3 Å². The minimum atomic E-state index is -0.974. The fraction of sp³-hybridized carbons (Fsp3) is 0.208. The minimum absolute atomic E-state index is 0.256. The summed E-state index contributed by atoms with van der Waals surface area (Å²) in [6.45, 7) is 1.31. The monoisotopic (exact) mass is 420 g/mol. The van der Waals surface area contributed by atoms with E-state index in [4.69, 9.17) is 13.9 Å². The van der Waals surface area contributed by atoms with E-state index in [1.807, 2.05) is 59.2 Å². The topological polar surface area (TPSA) is 85.9 Å². The minimum Gasteiger partial charge on any atom is -0.497 e.